The molecule has 17 heavy (non-hydrogen) atoms. The number of nitrogens with one attached hydrogen (secondary N) is 1. The predicted molar refractivity (Wildman–Crippen MR) is 74.1 cm³/mol. The van der Waals surface area contributed by atoms with Gasteiger partial charge in [-0.15, -0.1) is 0 Å². The Morgan fingerprint density at radius 3 is 2.47 bits per heavy atom. The SMILES string of the molecule is CC/C(=C\c1ccccc1)C[NH+]1CCCCC1. The summed E-state index contributed by atoms with van der Waals surface area (Å²) in [6.45, 7) is 6.25. The van der Waals surface area contributed by atoms with Crippen LogP contribution in [0.4, 0.5) is 0 Å². The van der Waals surface area contributed by atoms with Crippen LogP contribution in [0.1, 0.15) is 38.2 Å². The Kier molecular flexibility index (Phi) is 4.81. The Morgan fingerprint density at radius 1 is 1.12 bits per heavy atom. The summed E-state index contributed by atoms with van der Waals surface area (Å²) < 4.78 is 0. The minimum absolute atomic E-state index is 1.18. The minimum Gasteiger partial charge on any atom is -0.331 e. The molecule has 0 bridgehead atoms. The van der Waals surface area contributed by atoms with Crippen molar-refractivity contribution < 1.29 is 4.90 Å². The second-order valence-corrected chi connectivity index (χ2v) is 5.05. The summed E-state index contributed by atoms with van der Waals surface area (Å²) in [4.78, 5) is 1.78. The molecule has 0 spiro atoms. The number of piperidine rings is 1. The molecule has 1 aromatic rings. The topological polar surface area (TPSA) is 4.44 Å². The van der Waals surface area contributed by atoms with E-state index in [1.165, 1.54) is 50.9 Å². The van der Waals surface area contributed by atoms with E-state index in [0.717, 1.165) is 0 Å². The second-order valence-electron chi connectivity index (χ2n) is 5.05. The molecule has 92 valence electrons. The summed E-state index contributed by atoms with van der Waals surface area (Å²) in [5.74, 6) is 0. The van der Waals surface area contributed by atoms with Gasteiger partial charge >= 0.3 is 0 Å². The van der Waals surface area contributed by atoms with Crippen LogP contribution in [0.5, 0.6) is 0 Å². The van der Waals surface area contributed by atoms with Gasteiger partial charge in [-0.05, 0) is 36.8 Å². The van der Waals surface area contributed by atoms with E-state index in [9.17, 15) is 0 Å². The fraction of sp³-hybridized carbons (Fsp3) is 0.500. The third-order valence-corrected chi connectivity index (χ3v) is 3.66. The number of quaternary nitrogens is 1. The van der Waals surface area contributed by atoms with Gasteiger partial charge in [0.1, 0.15) is 0 Å². The second kappa shape index (κ2) is 6.61. The van der Waals surface area contributed by atoms with Crippen LogP contribution >= 0.6 is 0 Å². The first-order valence-electron chi connectivity index (χ1n) is 6.96. The van der Waals surface area contributed by atoms with E-state index in [1.54, 1.807) is 10.5 Å². The summed E-state index contributed by atoms with van der Waals surface area (Å²) >= 11 is 0. The van der Waals surface area contributed by atoms with Crippen molar-refractivity contribution in [3.63, 3.8) is 0 Å². The van der Waals surface area contributed by atoms with Crippen LogP contribution in [0.3, 0.4) is 0 Å². The molecular formula is C16H24N+. The molecule has 0 saturated carbocycles. The molecule has 1 N–H and O–H groups in total. The van der Waals surface area contributed by atoms with Crippen LogP contribution in [-0.2, 0) is 0 Å². The van der Waals surface area contributed by atoms with Gasteiger partial charge in [0.15, 0.2) is 0 Å². The molecule has 0 aliphatic carbocycles. The third kappa shape index (κ3) is 4.01. The van der Waals surface area contributed by atoms with Crippen LogP contribution in [0.15, 0.2) is 35.9 Å². The molecule has 0 amide bonds. The summed E-state index contributed by atoms with van der Waals surface area (Å²) in [5, 5.41) is 0. The fourth-order valence-electron chi connectivity index (χ4n) is 2.61. The van der Waals surface area contributed by atoms with Gasteiger partial charge in [0, 0.05) is 0 Å². The highest BCUT2D eigenvalue weighted by Crippen LogP contribution is 2.08. The van der Waals surface area contributed by atoms with Crippen molar-refractivity contribution in [2.75, 3.05) is 19.6 Å². The van der Waals surface area contributed by atoms with Gasteiger partial charge in [0.2, 0.25) is 0 Å². The number of likely N-dealkylation sites (tertiary alicyclic amines) is 1. The van der Waals surface area contributed by atoms with Crippen LogP contribution in [-0.4, -0.2) is 19.6 Å². The first-order valence-corrected chi connectivity index (χ1v) is 6.96. The van der Waals surface area contributed by atoms with Gasteiger partial charge < -0.3 is 4.90 Å². The van der Waals surface area contributed by atoms with Gasteiger partial charge in [0.05, 0.1) is 19.6 Å². The molecule has 1 aromatic carbocycles. The smallest absolute Gasteiger partial charge is 0.0990 e. The van der Waals surface area contributed by atoms with E-state index in [0.29, 0.717) is 0 Å². The lowest BCUT2D eigenvalue weighted by Crippen LogP contribution is -3.12. The Bertz CT molecular complexity index is 347. The van der Waals surface area contributed by atoms with Crippen molar-refractivity contribution in [3.8, 4) is 0 Å². The zero-order valence-electron chi connectivity index (χ0n) is 10.9. The molecule has 0 aromatic heterocycles. The highest BCUT2D eigenvalue weighted by Gasteiger charge is 2.14. The third-order valence-electron chi connectivity index (χ3n) is 3.66. The number of hydrogen-bond acceptors (Lipinski definition) is 0. The lowest BCUT2D eigenvalue weighted by atomic mass is 10.1. The molecule has 1 heterocycles. The molecule has 1 fully saturated rings. The van der Waals surface area contributed by atoms with E-state index in [1.807, 2.05) is 0 Å². The van der Waals surface area contributed by atoms with Gasteiger partial charge in [-0.3, -0.25) is 0 Å². The van der Waals surface area contributed by atoms with E-state index in [2.05, 4.69) is 43.3 Å². The number of rotatable bonds is 4. The Morgan fingerprint density at radius 2 is 1.82 bits per heavy atom. The zero-order valence-corrected chi connectivity index (χ0v) is 10.9. The number of hydrogen-bond donors (Lipinski definition) is 1. The predicted octanol–water partition coefficient (Wildman–Crippen LogP) is 2.55. The molecule has 1 saturated heterocycles. The zero-order chi connectivity index (χ0) is 11.9. The molecule has 1 heteroatoms. The quantitative estimate of drug-likeness (QED) is 0.811. The first-order chi connectivity index (χ1) is 8.38. The van der Waals surface area contributed by atoms with Gasteiger partial charge in [0.25, 0.3) is 0 Å². The summed E-state index contributed by atoms with van der Waals surface area (Å²) in [6, 6.07) is 10.7. The molecule has 0 radical (unpaired) electrons. The number of benzene rings is 1. The van der Waals surface area contributed by atoms with Crippen molar-refractivity contribution >= 4 is 6.08 Å². The summed E-state index contributed by atoms with van der Waals surface area (Å²) in [6.07, 6.45) is 7.82. The van der Waals surface area contributed by atoms with Crippen molar-refractivity contribution in [3.05, 3.63) is 41.5 Å². The van der Waals surface area contributed by atoms with E-state index < -0.39 is 0 Å². The Hall–Kier alpha value is -1.08. The highest BCUT2D eigenvalue weighted by atomic mass is 15.1. The van der Waals surface area contributed by atoms with Crippen molar-refractivity contribution in [2.24, 2.45) is 0 Å². The molecule has 0 atom stereocenters. The normalized spacial score (nSPS) is 18.3. The maximum absolute atomic E-state index is 2.38. The van der Waals surface area contributed by atoms with Crippen LogP contribution in [0, 0.1) is 0 Å². The highest BCUT2D eigenvalue weighted by molar-refractivity contribution is 5.52. The molecule has 1 aliphatic rings. The summed E-state index contributed by atoms with van der Waals surface area (Å²) in [5.41, 5.74) is 2.94. The molecule has 1 aliphatic heterocycles. The van der Waals surface area contributed by atoms with Crippen LogP contribution in [0.2, 0.25) is 0 Å². The standard InChI is InChI=1S/C16H23N/c1-2-15(13-16-9-5-3-6-10-16)14-17-11-7-4-8-12-17/h3,5-6,9-10,13H,2,4,7-8,11-12,14H2,1H3/p+1/b15-13+. The van der Waals surface area contributed by atoms with Crippen LogP contribution < -0.4 is 4.90 Å². The minimum atomic E-state index is 1.18. The van der Waals surface area contributed by atoms with E-state index >= 15 is 0 Å². The van der Waals surface area contributed by atoms with Gasteiger partial charge in [-0.2, -0.15) is 0 Å². The largest absolute Gasteiger partial charge is 0.331 e. The van der Waals surface area contributed by atoms with E-state index in [-0.39, 0.29) is 0 Å². The Labute approximate surface area is 105 Å². The van der Waals surface area contributed by atoms with Crippen molar-refractivity contribution in [1.29, 1.82) is 0 Å². The monoisotopic (exact) mass is 230 g/mol. The van der Waals surface area contributed by atoms with E-state index in [4.69, 9.17) is 0 Å². The molecule has 0 unspecified atom stereocenters. The molecule has 1 nitrogen and oxygen atoms in total. The Balaban J connectivity index is 1.98. The van der Waals surface area contributed by atoms with Gasteiger partial charge in [-0.1, -0.05) is 43.3 Å². The average molecular weight is 230 g/mol. The first kappa shape index (κ1) is 12.4. The average Bonchev–Trinajstić information content (AvgIpc) is 2.40. The van der Waals surface area contributed by atoms with Crippen molar-refractivity contribution in [2.45, 2.75) is 32.6 Å². The lowest BCUT2D eigenvalue weighted by Gasteiger charge is -2.24. The van der Waals surface area contributed by atoms with Crippen LogP contribution in [0.25, 0.3) is 6.08 Å². The van der Waals surface area contributed by atoms with Gasteiger partial charge in [-0.25, -0.2) is 0 Å². The fourth-order valence-corrected chi connectivity index (χ4v) is 2.61. The maximum atomic E-state index is 2.38. The molecular weight excluding hydrogens is 206 g/mol. The summed E-state index contributed by atoms with van der Waals surface area (Å²) in [7, 11) is 0. The van der Waals surface area contributed by atoms with Crippen molar-refractivity contribution in [1.82, 2.24) is 0 Å². The molecule has 2 rings (SSSR count). The maximum Gasteiger partial charge on any atom is 0.0990 e. The lowest BCUT2D eigenvalue weighted by molar-refractivity contribution is -0.900.